The number of likely N-dealkylation sites (tertiary alicyclic amines) is 1. The molecule has 3 aliphatic rings. The molecule has 0 radical (unpaired) electrons. The van der Waals surface area contributed by atoms with Gasteiger partial charge >= 0.3 is 0 Å². The van der Waals surface area contributed by atoms with Crippen molar-refractivity contribution in [2.45, 2.75) is 37.7 Å². The molecule has 0 aromatic heterocycles. The molecule has 0 aromatic carbocycles. The minimum Gasteiger partial charge on any atom is -0.381 e. The number of carbonyl (C=O) groups excluding carboxylic acids is 2. The number of rotatable bonds is 1. The van der Waals surface area contributed by atoms with Crippen molar-refractivity contribution in [3.8, 4) is 0 Å². The molecule has 0 aromatic rings. The number of nitrogens with zero attached hydrogens (tertiary/aromatic N) is 2. The number of carbonyl (C=O) groups is 2. The molecule has 0 saturated carbocycles. The van der Waals surface area contributed by atoms with E-state index in [1.807, 2.05) is 11.9 Å². The van der Waals surface area contributed by atoms with Crippen LogP contribution in [0, 0.1) is 5.92 Å². The summed E-state index contributed by atoms with van der Waals surface area (Å²) in [5, 5.41) is 0. The Hall–Kier alpha value is -1.14. The van der Waals surface area contributed by atoms with Gasteiger partial charge in [0.2, 0.25) is 5.91 Å². The second-order valence-corrected chi connectivity index (χ2v) is 6.67. The number of hydrogen-bond acceptors (Lipinski definition) is 4. The Morgan fingerprint density at radius 2 is 1.95 bits per heavy atom. The maximum atomic E-state index is 12.7. The van der Waals surface area contributed by atoms with Gasteiger partial charge in [-0.2, -0.15) is 0 Å². The van der Waals surface area contributed by atoms with Gasteiger partial charge in [0, 0.05) is 39.3 Å². The van der Waals surface area contributed by atoms with Gasteiger partial charge in [0.25, 0.3) is 5.91 Å². The molecule has 0 N–H and O–H groups in total. The molecule has 6 heteroatoms. The van der Waals surface area contributed by atoms with Crippen LogP contribution >= 0.6 is 0 Å². The molecule has 1 atom stereocenters. The summed E-state index contributed by atoms with van der Waals surface area (Å²) < 4.78 is 11.3. The van der Waals surface area contributed by atoms with Crippen molar-refractivity contribution in [1.29, 1.82) is 0 Å². The summed E-state index contributed by atoms with van der Waals surface area (Å²) in [6.07, 6.45) is 4.26. The minimum atomic E-state index is -0.815. The van der Waals surface area contributed by atoms with Crippen LogP contribution in [0.1, 0.15) is 32.1 Å². The van der Waals surface area contributed by atoms with E-state index in [9.17, 15) is 9.59 Å². The minimum absolute atomic E-state index is 0.0366. The maximum Gasteiger partial charge on any atom is 0.256 e. The molecular weight excluding hydrogens is 284 g/mol. The predicted octanol–water partition coefficient (Wildman–Crippen LogP) is 0.653. The lowest BCUT2D eigenvalue weighted by molar-refractivity contribution is -0.175. The Bertz CT molecular complexity index is 436. The fraction of sp³-hybridized carbons (Fsp3) is 0.875. The first-order chi connectivity index (χ1) is 10.6. The molecule has 22 heavy (non-hydrogen) atoms. The lowest BCUT2D eigenvalue weighted by Gasteiger charge is -2.43. The lowest BCUT2D eigenvalue weighted by atomic mass is 9.92. The molecule has 3 rings (SSSR count). The number of hydrogen-bond donors (Lipinski definition) is 0. The average molecular weight is 310 g/mol. The zero-order valence-electron chi connectivity index (χ0n) is 13.4. The number of amides is 2. The molecule has 6 nitrogen and oxygen atoms in total. The fourth-order valence-electron chi connectivity index (χ4n) is 3.77. The lowest BCUT2D eigenvalue weighted by Crippen LogP contribution is -2.61. The van der Waals surface area contributed by atoms with Crippen LogP contribution in [0.4, 0.5) is 0 Å². The van der Waals surface area contributed by atoms with Crippen LogP contribution < -0.4 is 0 Å². The summed E-state index contributed by atoms with van der Waals surface area (Å²) in [6.45, 7) is 3.55. The third-order valence-electron chi connectivity index (χ3n) is 5.13. The van der Waals surface area contributed by atoms with Crippen LogP contribution in [0.2, 0.25) is 0 Å². The highest BCUT2D eigenvalue weighted by Gasteiger charge is 2.47. The molecule has 3 saturated heterocycles. The Kier molecular flexibility index (Phi) is 4.68. The Morgan fingerprint density at radius 1 is 1.18 bits per heavy atom. The third-order valence-corrected chi connectivity index (χ3v) is 5.13. The van der Waals surface area contributed by atoms with Gasteiger partial charge in [0.15, 0.2) is 5.60 Å². The van der Waals surface area contributed by atoms with Gasteiger partial charge in [-0.15, -0.1) is 0 Å². The highest BCUT2D eigenvalue weighted by molar-refractivity contribution is 5.87. The molecule has 2 amide bonds. The van der Waals surface area contributed by atoms with E-state index in [0.717, 1.165) is 32.2 Å². The second-order valence-electron chi connectivity index (χ2n) is 6.67. The number of morpholine rings is 1. The molecule has 0 aliphatic carbocycles. The van der Waals surface area contributed by atoms with Gasteiger partial charge in [-0.1, -0.05) is 0 Å². The van der Waals surface area contributed by atoms with Crippen LogP contribution in [0.15, 0.2) is 0 Å². The molecular formula is C16H26N2O4. The predicted molar refractivity (Wildman–Crippen MR) is 80.3 cm³/mol. The van der Waals surface area contributed by atoms with E-state index in [-0.39, 0.29) is 17.7 Å². The molecule has 1 spiro atoms. The first-order valence-electron chi connectivity index (χ1n) is 8.38. The Labute approximate surface area is 131 Å². The summed E-state index contributed by atoms with van der Waals surface area (Å²) in [5.41, 5.74) is -0.815. The Morgan fingerprint density at radius 3 is 2.73 bits per heavy atom. The van der Waals surface area contributed by atoms with E-state index < -0.39 is 5.60 Å². The van der Waals surface area contributed by atoms with Crippen molar-refractivity contribution in [3.05, 3.63) is 0 Å². The van der Waals surface area contributed by atoms with Gasteiger partial charge in [0.05, 0.1) is 13.2 Å². The van der Waals surface area contributed by atoms with E-state index >= 15 is 0 Å². The Balaban J connectivity index is 1.72. The second kappa shape index (κ2) is 6.54. The van der Waals surface area contributed by atoms with E-state index in [1.165, 1.54) is 0 Å². The molecule has 3 fully saturated rings. The highest BCUT2D eigenvalue weighted by Crippen LogP contribution is 2.30. The number of likely N-dealkylation sites (N-methyl/N-ethyl adjacent to an activating group) is 1. The van der Waals surface area contributed by atoms with Crippen molar-refractivity contribution in [1.82, 2.24) is 9.80 Å². The third kappa shape index (κ3) is 2.99. The van der Waals surface area contributed by atoms with Gasteiger partial charge < -0.3 is 19.3 Å². The van der Waals surface area contributed by atoms with E-state index in [4.69, 9.17) is 9.47 Å². The zero-order chi connectivity index (χ0) is 15.6. The normalized spacial score (nSPS) is 31.4. The summed E-state index contributed by atoms with van der Waals surface area (Å²) in [6, 6.07) is 0. The SMILES string of the molecule is CN1CCCCC2(CN(C(=O)C3CCOCC3)CCO2)C1=O. The topological polar surface area (TPSA) is 59.1 Å². The number of ether oxygens (including phenoxy) is 2. The van der Waals surface area contributed by atoms with Crippen molar-refractivity contribution in [3.63, 3.8) is 0 Å². The van der Waals surface area contributed by atoms with Gasteiger partial charge in [0.1, 0.15) is 0 Å². The maximum absolute atomic E-state index is 12.7. The van der Waals surface area contributed by atoms with Gasteiger partial charge in [-0.05, 0) is 32.1 Å². The van der Waals surface area contributed by atoms with Crippen LogP contribution in [0.5, 0.6) is 0 Å². The summed E-state index contributed by atoms with van der Waals surface area (Å²) >= 11 is 0. The van der Waals surface area contributed by atoms with Crippen molar-refractivity contribution in [2.75, 3.05) is 46.5 Å². The van der Waals surface area contributed by atoms with Crippen molar-refractivity contribution in [2.24, 2.45) is 5.92 Å². The molecule has 1 unspecified atom stereocenters. The smallest absolute Gasteiger partial charge is 0.256 e. The summed E-state index contributed by atoms with van der Waals surface area (Å²) in [4.78, 5) is 29.1. The van der Waals surface area contributed by atoms with Crippen molar-refractivity contribution >= 4 is 11.8 Å². The first-order valence-corrected chi connectivity index (χ1v) is 8.38. The monoisotopic (exact) mass is 310 g/mol. The first kappa shape index (κ1) is 15.7. The van der Waals surface area contributed by atoms with Gasteiger partial charge in [-0.25, -0.2) is 0 Å². The van der Waals surface area contributed by atoms with E-state index in [1.54, 1.807) is 4.90 Å². The summed E-state index contributed by atoms with van der Waals surface area (Å²) in [7, 11) is 1.83. The largest absolute Gasteiger partial charge is 0.381 e. The standard InChI is InChI=1S/C16H26N2O4/c1-17-7-3-2-6-16(15(17)20)12-18(8-11-22-16)14(19)13-4-9-21-10-5-13/h13H,2-12H2,1H3. The van der Waals surface area contributed by atoms with Gasteiger partial charge in [-0.3, -0.25) is 9.59 Å². The highest BCUT2D eigenvalue weighted by atomic mass is 16.5. The molecule has 3 aliphatic heterocycles. The fourth-order valence-corrected chi connectivity index (χ4v) is 3.77. The van der Waals surface area contributed by atoms with Crippen LogP contribution in [-0.2, 0) is 19.1 Å². The van der Waals surface area contributed by atoms with Crippen LogP contribution in [0.3, 0.4) is 0 Å². The van der Waals surface area contributed by atoms with E-state index in [0.29, 0.717) is 39.3 Å². The van der Waals surface area contributed by atoms with Crippen LogP contribution in [-0.4, -0.2) is 73.7 Å². The molecule has 3 heterocycles. The van der Waals surface area contributed by atoms with E-state index in [2.05, 4.69) is 0 Å². The quantitative estimate of drug-likeness (QED) is 0.714. The van der Waals surface area contributed by atoms with Crippen LogP contribution in [0.25, 0.3) is 0 Å². The molecule has 124 valence electrons. The molecule has 0 bridgehead atoms. The van der Waals surface area contributed by atoms with Crippen molar-refractivity contribution < 1.29 is 19.1 Å². The zero-order valence-corrected chi connectivity index (χ0v) is 13.4. The summed E-state index contributed by atoms with van der Waals surface area (Å²) in [5.74, 6) is 0.252. The average Bonchev–Trinajstić information content (AvgIpc) is 2.69.